The van der Waals surface area contributed by atoms with Crippen LogP contribution in [0.4, 0.5) is 0 Å². The van der Waals surface area contributed by atoms with Gasteiger partial charge in [0.25, 0.3) is 0 Å². The molecule has 100 valence electrons. The van der Waals surface area contributed by atoms with Crippen molar-refractivity contribution in [1.29, 1.82) is 0 Å². The lowest BCUT2D eigenvalue weighted by atomic mass is 9.86. The maximum Gasteiger partial charge on any atom is 0.306 e. The van der Waals surface area contributed by atoms with Gasteiger partial charge in [-0.15, -0.1) is 0 Å². The Hall–Kier alpha value is -0.610. The zero-order chi connectivity index (χ0) is 12.7. The predicted octanol–water partition coefficient (Wildman–Crippen LogP) is 1.63. The highest BCUT2D eigenvalue weighted by Gasteiger charge is 2.26. The summed E-state index contributed by atoms with van der Waals surface area (Å²) in [6.45, 7) is 3.23. The quantitative estimate of drug-likeness (QED) is 0.594. The van der Waals surface area contributed by atoms with Crippen LogP contribution in [-0.2, 0) is 4.79 Å². The first kappa shape index (κ1) is 14.5. The van der Waals surface area contributed by atoms with Crippen LogP contribution in [0, 0.1) is 11.8 Å². The van der Waals surface area contributed by atoms with Gasteiger partial charge in [0.2, 0.25) is 0 Å². The minimum Gasteiger partial charge on any atom is -0.481 e. The Morgan fingerprint density at radius 2 is 2.24 bits per heavy atom. The lowest BCUT2D eigenvalue weighted by Crippen LogP contribution is -2.37. The normalized spacial score (nSPS) is 26.7. The third-order valence-corrected chi connectivity index (χ3v) is 3.64. The van der Waals surface area contributed by atoms with Crippen molar-refractivity contribution in [2.45, 2.75) is 51.5 Å². The Bertz CT molecular complexity index is 233. The largest absolute Gasteiger partial charge is 0.481 e. The van der Waals surface area contributed by atoms with Crippen molar-refractivity contribution in [2.24, 2.45) is 11.8 Å². The number of nitrogens with one attached hydrogen (secondary N) is 1. The van der Waals surface area contributed by atoms with E-state index < -0.39 is 5.97 Å². The molecule has 0 aromatic rings. The minimum atomic E-state index is -0.648. The van der Waals surface area contributed by atoms with Crippen molar-refractivity contribution in [3.8, 4) is 0 Å². The van der Waals surface area contributed by atoms with Gasteiger partial charge in [0.15, 0.2) is 0 Å². The number of carboxylic acid groups (broad SMARTS) is 1. The maximum atomic E-state index is 10.9. The zero-order valence-electron chi connectivity index (χ0n) is 10.7. The number of rotatable bonds is 7. The molecule has 1 rings (SSSR count). The van der Waals surface area contributed by atoms with Gasteiger partial charge in [-0.05, 0) is 44.6 Å². The Labute approximate surface area is 103 Å². The fraction of sp³-hybridized carbons (Fsp3) is 0.923. The summed E-state index contributed by atoms with van der Waals surface area (Å²) in [5.74, 6) is -0.432. The van der Waals surface area contributed by atoms with E-state index in [0.717, 1.165) is 45.1 Å². The SMILES string of the molecule is CC(CO)CCCNC1CCCC(C(=O)O)C1. The van der Waals surface area contributed by atoms with Crippen LogP contribution in [-0.4, -0.2) is 35.4 Å². The molecule has 3 unspecified atom stereocenters. The van der Waals surface area contributed by atoms with E-state index in [2.05, 4.69) is 5.32 Å². The Balaban J connectivity index is 2.12. The van der Waals surface area contributed by atoms with Crippen molar-refractivity contribution >= 4 is 5.97 Å². The average Bonchev–Trinajstić information content (AvgIpc) is 2.34. The second-order valence-electron chi connectivity index (χ2n) is 5.28. The summed E-state index contributed by atoms with van der Waals surface area (Å²) in [6, 6.07) is 0.370. The molecule has 1 aliphatic carbocycles. The number of hydrogen-bond donors (Lipinski definition) is 3. The summed E-state index contributed by atoms with van der Waals surface area (Å²) in [4.78, 5) is 10.9. The smallest absolute Gasteiger partial charge is 0.306 e. The molecule has 0 aromatic heterocycles. The van der Waals surface area contributed by atoms with E-state index in [-0.39, 0.29) is 12.5 Å². The Morgan fingerprint density at radius 1 is 1.47 bits per heavy atom. The molecule has 17 heavy (non-hydrogen) atoms. The van der Waals surface area contributed by atoms with E-state index in [1.54, 1.807) is 0 Å². The highest BCUT2D eigenvalue weighted by molar-refractivity contribution is 5.70. The monoisotopic (exact) mass is 243 g/mol. The summed E-state index contributed by atoms with van der Waals surface area (Å²) in [5, 5.41) is 21.3. The lowest BCUT2D eigenvalue weighted by molar-refractivity contribution is -0.143. The maximum absolute atomic E-state index is 10.9. The van der Waals surface area contributed by atoms with Gasteiger partial charge < -0.3 is 15.5 Å². The van der Waals surface area contributed by atoms with Crippen LogP contribution in [0.3, 0.4) is 0 Å². The number of aliphatic carboxylic acids is 1. The molecule has 0 spiro atoms. The third kappa shape index (κ3) is 5.50. The van der Waals surface area contributed by atoms with E-state index >= 15 is 0 Å². The molecule has 1 aliphatic rings. The number of carboxylic acids is 1. The minimum absolute atomic E-state index is 0.155. The average molecular weight is 243 g/mol. The predicted molar refractivity (Wildman–Crippen MR) is 66.9 cm³/mol. The molecule has 3 atom stereocenters. The van der Waals surface area contributed by atoms with E-state index in [1.165, 1.54) is 0 Å². The van der Waals surface area contributed by atoms with E-state index in [9.17, 15) is 4.79 Å². The number of carbonyl (C=O) groups is 1. The van der Waals surface area contributed by atoms with Crippen molar-refractivity contribution in [3.63, 3.8) is 0 Å². The Kier molecular flexibility index (Phi) is 6.52. The van der Waals surface area contributed by atoms with Crippen molar-refractivity contribution in [2.75, 3.05) is 13.2 Å². The van der Waals surface area contributed by atoms with Crippen LogP contribution in [0.2, 0.25) is 0 Å². The molecule has 0 aliphatic heterocycles. The van der Waals surface area contributed by atoms with E-state index in [0.29, 0.717) is 12.0 Å². The van der Waals surface area contributed by atoms with Gasteiger partial charge >= 0.3 is 5.97 Å². The summed E-state index contributed by atoms with van der Waals surface area (Å²) in [5.41, 5.74) is 0. The highest BCUT2D eigenvalue weighted by atomic mass is 16.4. The van der Waals surface area contributed by atoms with Crippen LogP contribution < -0.4 is 5.32 Å². The topological polar surface area (TPSA) is 69.6 Å². The summed E-state index contributed by atoms with van der Waals surface area (Å²) in [7, 11) is 0. The van der Waals surface area contributed by atoms with Gasteiger partial charge in [0.05, 0.1) is 5.92 Å². The van der Waals surface area contributed by atoms with Crippen LogP contribution in [0.15, 0.2) is 0 Å². The Morgan fingerprint density at radius 3 is 2.88 bits per heavy atom. The molecule has 0 bridgehead atoms. The first-order valence-corrected chi connectivity index (χ1v) is 6.70. The summed E-state index contributed by atoms with van der Waals surface area (Å²) < 4.78 is 0. The van der Waals surface area contributed by atoms with Crippen LogP contribution >= 0.6 is 0 Å². The molecule has 4 heteroatoms. The first-order chi connectivity index (χ1) is 8.13. The molecule has 1 saturated carbocycles. The second-order valence-corrected chi connectivity index (χ2v) is 5.28. The molecule has 0 heterocycles. The van der Waals surface area contributed by atoms with E-state index in [4.69, 9.17) is 10.2 Å². The summed E-state index contributed by atoms with van der Waals surface area (Å²) in [6.07, 6.45) is 5.79. The van der Waals surface area contributed by atoms with Gasteiger partial charge in [-0.2, -0.15) is 0 Å². The molecule has 1 fully saturated rings. The van der Waals surface area contributed by atoms with Gasteiger partial charge in [-0.1, -0.05) is 13.3 Å². The number of aliphatic hydroxyl groups is 1. The molecule has 4 nitrogen and oxygen atoms in total. The van der Waals surface area contributed by atoms with Crippen molar-refractivity contribution in [1.82, 2.24) is 5.32 Å². The van der Waals surface area contributed by atoms with Crippen LogP contribution in [0.25, 0.3) is 0 Å². The van der Waals surface area contributed by atoms with Crippen molar-refractivity contribution < 1.29 is 15.0 Å². The zero-order valence-corrected chi connectivity index (χ0v) is 10.7. The molecule has 0 aromatic carbocycles. The van der Waals surface area contributed by atoms with Gasteiger partial charge in [0, 0.05) is 12.6 Å². The fourth-order valence-electron chi connectivity index (χ4n) is 2.45. The first-order valence-electron chi connectivity index (χ1n) is 6.70. The fourth-order valence-corrected chi connectivity index (χ4v) is 2.45. The standard InChI is InChI=1S/C13H25NO3/c1-10(9-15)4-3-7-14-12-6-2-5-11(8-12)13(16)17/h10-12,14-15H,2-9H2,1H3,(H,16,17). The third-order valence-electron chi connectivity index (χ3n) is 3.64. The molecule has 0 saturated heterocycles. The van der Waals surface area contributed by atoms with Crippen molar-refractivity contribution in [3.05, 3.63) is 0 Å². The molecule has 0 radical (unpaired) electrons. The molecular weight excluding hydrogens is 218 g/mol. The molecule has 0 amide bonds. The van der Waals surface area contributed by atoms with Gasteiger partial charge in [0.1, 0.15) is 0 Å². The van der Waals surface area contributed by atoms with E-state index in [1.807, 2.05) is 6.92 Å². The molecular formula is C13H25NO3. The highest BCUT2D eigenvalue weighted by Crippen LogP contribution is 2.24. The number of hydrogen-bond acceptors (Lipinski definition) is 3. The van der Waals surface area contributed by atoms with Gasteiger partial charge in [-0.25, -0.2) is 0 Å². The lowest BCUT2D eigenvalue weighted by Gasteiger charge is -2.27. The van der Waals surface area contributed by atoms with Crippen LogP contribution in [0.1, 0.15) is 45.4 Å². The summed E-state index contributed by atoms with van der Waals surface area (Å²) >= 11 is 0. The second kappa shape index (κ2) is 7.67. The van der Waals surface area contributed by atoms with Crippen LogP contribution in [0.5, 0.6) is 0 Å². The van der Waals surface area contributed by atoms with Gasteiger partial charge in [-0.3, -0.25) is 4.79 Å². The molecule has 3 N–H and O–H groups in total. The number of aliphatic hydroxyl groups excluding tert-OH is 1.